The van der Waals surface area contributed by atoms with E-state index in [2.05, 4.69) is 30.1 Å². The maximum Gasteiger partial charge on any atom is 0.118 e. The normalized spacial score (nSPS) is 16.8. The molecule has 1 aliphatic heterocycles. The summed E-state index contributed by atoms with van der Waals surface area (Å²) in [6.45, 7) is 12.1. The van der Waals surface area contributed by atoms with Crippen LogP contribution in [0.5, 0.6) is 0 Å². The minimum absolute atomic E-state index is 0.472. The summed E-state index contributed by atoms with van der Waals surface area (Å²) in [4.78, 5) is 2.50. The molecule has 21 heavy (non-hydrogen) atoms. The van der Waals surface area contributed by atoms with Gasteiger partial charge in [0, 0.05) is 18.2 Å². The highest BCUT2D eigenvalue weighted by atomic mass is 16.5. The Bertz CT molecular complexity index is 409. The van der Waals surface area contributed by atoms with Crippen LogP contribution in [0.1, 0.15) is 50.2 Å². The minimum atomic E-state index is 0.472. The molecule has 2 rings (SSSR count). The van der Waals surface area contributed by atoms with Crippen molar-refractivity contribution in [3.63, 3.8) is 0 Å². The van der Waals surface area contributed by atoms with Crippen molar-refractivity contribution in [1.82, 2.24) is 10.2 Å². The molecule has 0 radical (unpaired) electrons. The summed E-state index contributed by atoms with van der Waals surface area (Å²) in [7, 11) is 0. The first kappa shape index (κ1) is 16.5. The van der Waals surface area contributed by atoms with Crippen molar-refractivity contribution < 1.29 is 9.15 Å². The molecule has 1 fully saturated rings. The Morgan fingerprint density at radius 1 is 1.29 bits per heavy atom. The standard InChI is InChI=1S/C17H30N2O2/c1-14(2)18-12-17-11-16(15(3)21-17)13-20-10-9-19-7-5-4-6-8-19/h11,14,18H,4-10,12-13H2,1-3H3. The number of piperidine rings is 1. The average molecular weight is 294 g/mol. The zero-order valence-corrected chi connectivity index (χ0v) is 13.8. The molecule has 0 aromatic carbocycles. The molecule has 0 spiro atoms. The Labute approximate surface area is 128 Å². The van der Waals surface area contributed by atoms with Crippen molar-refractivity contribution in [2.75, 3.05) is 26.2 Å². The third kappa shape index (κ3) is 5.81. The number of likely N-dealkylation sites (tertiary alicyclic amines) is 1. The van der Waals surface area contributed by atoms with Gasteiger partial charge >= 0.3 is 0 Å². The highest BCUT2D eigenvalue weighted by molar-refractivity contribution is 5.19. The maximum absolute atomic E-state index is 5.82. The van der Waals surface area contributed by atoms with Gasteiger partial charge in [-0.2, -0.15) is 0 Å². The van der Waals surface area contributed by atoms with Crippen molar-refractivity contribution in [3.8, 4) is 0 Å². The number of aryl methyl sites for hydroxylation is 1. The Balaban J connectivity index is 1.67. The second-order valence-electron chi connectivity index (χ2n) is 6.28. The van der Waals surface area contributed by atoms with E-state index in [9.17, 15) is 0 Å². The molecule has 0 unspecified atom stereocenters. The summed E-state index contributed by atoms with van der Waals surface area (Å²) in [5.41, 5.74) is 1.18. The summed E-state index contributed by atoms with van der Waals surface area (Å²) < 4.78 is 11.6. The molecule has 0 amide bonds. The van der Waals surface area contributed by atoms with E-state index in [0.29, 0.717) is 12.6 Å². The van der Waals surface area contributed by atoms with Crippen molar-refractivity contribution in [2.24, 2.45) is 0 Å². The fourth-order valence-electron chi connectivity index (χ4n) is 2.68. The van der Waals surface area contributed by atoms with E-state index in [1.54, 1.807) is 0 Å². The van der Waals surface area contributed by atoms with E-state index < -0.39 is 0 Å². The van der Waals surface area contributed by atoms with Crippen LogP contribution in [0.2, 0.25) is 0 Å². The Morgan fingerprint density at radius 3 is 2.76 bits per heavy atom. The molecule has 1 saturated heterocycles. The van der Waals surface area contributed by atoms with Gasteiger partial charge in [-0.15, -0.1) is 0 Å². The van der Waals surface area contributed by atoms with Gasteiger partial charge in [0.1, 0.15) is 11.5 Å². The van der Waals surface area contributed by atoms with E-state index in [1.165, 1.54) is 37.9 Å². The molecule has 0 saturated carbocycles. The number of ether oxygens (including phenoxy) is 1. The van der Waals surface area contributed by atoms with Gasteiger partial charge in [-0.3, -0.25) is 0 Å². The first-order chi connectivity index (χ1) is 10.1. The fourth-order valence-corrected chi connectivity index (χ4v) is 2.68. The number of hydrogen-bond donors (Lipinski definition) is 1. The lowest BCUT2D eigenvalue weighted by atomic mass is 10.1. The number of furan rings is 1. The lowest BCUT2D eigenvalue weighted by Crippen LogP contribution is -2.32. The lowest BCUT2D eigenvalue weighted by molar-refractivity contribution is 0.0857. The SMILES string of the molecule is Cc1oc(CNC(C)C)cc1COCCN1CCCCC1. The van der Waals surface area contributed by atoms with Crippen LogP contribution in [0.3, 0.4) is 0 Å². The molecular formula is C17H30N2O2. The van der Waals surface area contributed by atoms with Gasteiger partial charge in [0.2, 0.25) is 0 Å². The molecule has 1 N–H and O–H groups in total. The number of nitrogens with zero attached hydrogens (tertiary/aromatic N) is 1. The molecule has 0 bridgehead atoms. The third-order valence-electron chi connectivity index (χ3n) is 4.01. The van der Waals surface area contributed by atoms with Crippen LogP contribution in [0.4, 0.5) is 0 Å². The molecule has 1 aromatic rings. The maximum atomic E-state index is 5.82. The predicted molar refractivity (Wildman–Crippen MR) is 85.4 cm³/mol. The van der Waals surface area contributed by atoms with Crippen molar-refractivity contribution >= 4 is 0 Å². The first-order valence-corrected chi connectivity index (χ1v) is 8.27. The van der Waals surface area contributed by atoms with Crippen LogP contribution in [0.15, 0.2) is 10.5 Å². The van der Waals surface area contributed by atoms with Crippen molar-refractivity contribution in [1.29, 1.82) is 0 Å². The summed E-state index contributed by atoms with van der Waals surface area (Å²) in [5.74, 6) is 1.98. The average Bonchev–Trinajstić information content (AvgIpc) is 2.83. The summed E-state index contributed by atoms with van der Waals surface area (Å²) in [6.07, 6.45) is 4.07. The quantitative estimate of drug-likeness (QED) is 0.748. The third-order valence-corrected chi connectivity index (χ3v) is 4.01. The highest BCUT2D eigenvalue weighted by Crippen LogP contribution is 2.16. The van der Waals surface area contributed by atoms with Gasteiger partial charge in [0.05, 0.1) is 19.8 Å². The van der Waals surface area contributed by atoms with Crippen LogP contribution >= 0.6 is 0 Å². The molecule has 1 aliphatic rings. The molecule has 1 aromatic heterocycles. The molecule has 0 atom stereocenters. The molecule has 120 valence electrons. The Morgan fingerprint density at radius 2 is 2.05 bits per heavy atom. The zero-order chi connectivity index (χ0) is 15.1. The molecule has 0 aliphatic carbocycles. The predicted octanol–water partition coefficient (Wildman–Crippen LogP) is 3.09. The summed E-state index contributed by atoms with van der Waals surface area (Å²) in [6, 6.07) is 2.59. The van der Waals surface area contributed by atoms with E-state index in [4.69, 9.17) is 9.15 Å². The van der Waals surface area contributed by atoms with E-state index >= 15 is 0 Å². The Kier molecular flexibility index (Phi) is 6.74. The number of rotatable bonds is 8. The second kappa shape index (κ2) is 8.57. The van der Waals surface area contributed by atoms with Crippen LogP contribution < -0.4 is 5.32 Å². The fraction of sp³-hybridized carbons (Fsp3) is 0.765. The Hall–Kier alpha value is -0.840. The van der Waals surface area contributed by atoms with Crippen LogP contribution in [0, 0.1) is 6.92 Å². The summed E-state index contributed by atoms with van der Waals surface area (Å²) >= 11 is 0. The minimum Gasteiger partial charge on any atom is -0.465 e. The van der Waals surface area contributed by atoms with Crippen molar-refractivity contribution in [3.05, 3.63) is 23.2 Å². The second-order valence-corrected chi connectivity index (χ2v) is 6.28. The zero-order valence-electron chi connectivity index (χ0n) is 13.8. The van der Waals surface area contributed by atoms with Gasteiger partial charge in [-0.1, -0.05) is 20.3 Å². The van der Waals surface area contributed by atoms with Gasteiger partial charge in [0.25, 0.3) is 0 Å². The highest BCUT2D eigenvalue weighted by Gasteiger charge is 2.11. The van der Waals surface area contributed by atoms with E-state index in [1.807, 2.05) is 6.92 Å². The van der Waals surface area contributed by atoms with Gasteiger partial charge < -0.3 is 19.4 Å². The molecule has 4 nitrogen and oxygen atoms in total. The number of hydrogen-bond acceptors (Lipinski definition) is 4. The molecule has 4 heteroatoms. The van der Waals surface area contributed by atoms with Gasteiger partial charge in [-0.25, -0.2) is 0 Å². The van der Waals surface area contributed by atoms with E-state index in [0.717, 1.165) is 31.2 Å². The van der Waals surface area contributed by atoms with Crippen LogP contribution in [-0.4, -0.2) is 37.2 Å². The molecule has 2 heterocycles. The number of nitrogens with one attached hydrogen (secondary N) is 1. The largest absolute Gasteiger partial charge is 0.465 e. The smallest absolute Gasteiger partial charge is 0.118 e. The first-order valence-electron chi connectivity index (χ1n) is 8.27. The monoisotopic (exact) mass is 294 g/mol. The van der Waals surface area contributed by atoms with Gasteiger partial charge in [0.15, 0.2) is 0 Å². The van der Waals surface area contributed by atoms with Crippen molar-refractivity contribution in [2.45, 2.75) is 59.2 Å². The lowest BCUT2D eigenvalue weighted by Gasteiger charge is -2.26. The topological polar surface area (TPSA) is 37.6 Å². The van der Waals surface area contributed by atoms with E-state index in [-0.39, 0.29) is 0 Å². The van der Waals surface area contributed by atoms with Crippen LogP contribution in [0.25, 0.3) is 0 Å². The van der Waals surface area contributed by atoms with Gasteiger partial charge in [-0.05, 0) is 38.9 Å². The summed E-state index contributed by atoms with van der Waals surface area (Å²) in [5, 5.41) is 3.37. The molecular weight excluding hydrogens is 264 g/mol. The van der Waals surface area contributed by atoms with Crippen LogP contribution in [-0.2, 0) is 17.9 Å².